The molecule has 1 aromatic heterocycles. The number of hydrogen-bond donors (Lipinski definition) is 3. The first-order chi connectivity index (χ1) is 15.6. The summed E-state index contributed by atoms with van der Waals surface area (Å²) in [6, 6.07) is 4.89. The molecular weight excluding hydrogens is 446 g/mol. The van der Waals surface area contributed by atoms with Crippen molar-refractivity contribution in [3.05, 3.63) is 40.5 Å². The largest absolute Gasteiger partial charge is 0.463 e. The summed E-state index contributed by atoms with van der Waals surface area (Å²) in [5.74, 6) is -0.455. The predicted octanol–water partition coefficient (Wildman–Crippen LogP) is 5.76. The molecule has 0 aliphatic heterocycles. The lowest BCUT2D eigenvalue weighted by molar-refractivity contribution is -0.110. The quantitative estimate of drug-likeness (QED) is 0.358. The highest BCUT2D eigenvalue weighted by Gasteiger charge is 2.15. The number of ether oxygens (including phenoxy) is 1. The van der Waals surface area contributed by atoms with Gasteiger partial charge in [0.25, 0.3) is 5.91 Å². The number of aryl methyl sites for hydroxylation is 2. The van der Waals surface area contributed by atoms with E-state index in [1.807, 2.05) is 47.8 Å². The Labute approximate surface area is 198 Å². The van der Waals surface area contributed by atoms with Gasteiger partial charge in [0.05, 0.1) is 16.9 Å². The number of amidine groups is 1. The lowest BCUT2D eigenvalue weighted by Crippen LogP contribution is -2.31. The Hall–Kier alpha value is -3.46. The molecule has 4 N–H and O–H groups in total. The average molecular weight is 476 g/mol. The monoisotopic (exact) mass is 475 g/mol. The fourth-order valence-corrected chi connectivity index (χ4v) is 2.77. The number of hydrogen-bond acceptors (Lipinski definition) is 5. The zero-order valence-corrected chi connectivity index (χ0v) is 20.4. The maximum absolute atomic E-state index is 12.0. The van der Waals surface area contributed by atoms with Crippen molar-refractivity contribution in [3.8, 4) is 11.6 Å². The maximum Gasteiger partial charge on any atom is 0.433 e. The summed E-state index contributed by atoms with van der Waals surface area (Å²) in [6.07, 6.45) is 2.46. The van der Waals surface area contributed by atoms with Crippen molar-refractivity contribution in [2.45, 2.75) is 48.0 Å². The third kappa shape index (κ3) is 8.53. The van der Waals surface area contributed by atoms with Crippen LogP contribution in [0.15, 0.2) is 34.4 Å². The molecule has 1 aromatic carbocycles. The SMILES string of the molecule is CC.CCc1cc(NC(=O)/C(N)=N/C(=O)O)cc(Cl)c1Oc1cc(C)c(N=CC(C)C)cn1. The van der Waals surface area contributed by atoms with Crippen molar-refractivity contribution >= 4 is 47.0 Å². The first kappa shape index (κ1) is 27.6. The van der Waals surface area contributed by atoms with Gasteiger partial charge in [0.15, 0.2) is 11.6 Å². The van der Waals surface area contributed by atoms with E-state index in [1.54, 1.807) is 18.3 Å². The van der Waals surface area contributed by atoms with Crippen LogP contribution in [0.25, 0.3) is 0 Å². The minimum atomic E-state index is -1.56. The molecule has 0 aliphatic rings. The number of anilines is 1. The standard InChI is InChI=1S/C21H24ClN5O4.C2H6/c1-5-13-7-14(26-20(28)19(23)27-21(29)30)8-15(22)18(13)31-17-6-12(4)16(10-25-17)24-9-11(2)3;1-2/h6-11H,5H2,1-4H3,(H2,23,27)(H,26,28)(H,29,30);1-2H3. The molecule has 178 valence electrons. The van der Waals surface area contributed by atoms with E-state index in [1.165, 1.54) is 6.07 Å². The molecule has 0 fully saturated rings. The molecule has 0 radical (unpaired) electrons. The van der Waals surface area contributed by atoms with Crippen molar-refractivity contribution in [3.63, 3.8) is 0 Å². The van der Waals surface area contributed by atoms with E-state index in [4.69, 9.17) is 27.2 Å². The van der Waals surface area contributed by atoms with E-state index < -0.39 is 17.8 Å². The second-order valence-electron chi connectivity index (χ2n) is 6.97. The molecule has 0 spiro atoms. The number of nitrogens with two attached hydrogens (primary N) is 1. The van der Waals surface area contributed by atoms with E-state index in [0.717, 1.165) is 11.3 Å². The summed E-state index contributed by atoms with van der Waals surface area (Å²) in [5.41, 5.74) is 8.03. The Kier molecular flexibility index (Phi) is 11.0. The van der Waals surface area contributed by atoms with Gasteiger partial charge < -0.3 is 20.9 Å². The second kappa shape index (κ2) is 13.2. The minimum absolute atomic E-state index is 0.241. The van der Waals surface area contributed by atoms with Gasteiger partial charge in [-0.25, -0.2) is 9.78 Å². The fraction of sp³-hybridized carbons (Fsp3) is 0.348. The van der Waals surface area contributed by atoms with Gasteiger partial charge in [0, 0.05) is 18.0 Å². The number of halogens is 1. The smallest absolute Gasteiger partial charge is 0.433 e. The Bertz CT molecular complexity index is 1050. The summed E-state index contributed by atoms with van der Waals surface area (Å²) < 4.78 is 5.92. The molecule has 1 heterocycles. The third-order valence-corrected chi connectivity index (χ3v) is 4.27. The summed E-state index contributed by atoms with van der Waals surface area (Å²) >= 11 is 6.38. The molecule has 0 bridgehead atoms. The highest BCUT2D eigenvalue weighted by molar-refractivity contribution is 6.42. The van der Waals surface area contributed by atoms with Gasteiger partial charge >= 0.3 is 6.09 Å². The molecular formula is C23H30ClN5O4. The number of nitrogens with one attached hydrogen (secondary N) is 1. The fourth-order valence-electron chi connectivity index (χ4n) is 2.50. The van der Waals surface area contributed by atoms with Crippen LogP contribution in [-0.4, -0.2) is 34.1 Å². The third-order valence-electron chi connectivity index (χ3n) is 3.98. The van der Waals surface area contributed by atoms with E-state index >= 15 is 0 Å². The van der Waals surface area contributed by atoms with Crippen molar-refractivity contribution in [1.82, 2.24) is 4.98 Å². The van der Waals surface area contributed by atoms with Crippen molar-refractivity contribution in [2.75, 3.05) is 5.32 Å². The van der Waals surface area contributed by atoms with E-state index in [2.05, 4.69) is 20.3 Å². The highest BCUT2D eigenvalue weighted by atomic mass is 35.5. The number of benzene rings is 1. The van der Waals surface area contributed by atoms with Crippen LogP contribution in [-0.2, 0) is 11.2 Å². The van der Waals surface area contributed by atoms with Crippen LogP contribution in [0.3, 0.4) is 0 Å². The summed E-state index contributed by atoms with van der Waals surface area (Å²) in [4.78, 5) is 34.2. The van der Waals surface area contributed by atoms with E-state index in [-0.39, 0.29) is 5.02 Å². The Morgan fingerprint density at radius 3 is 2.52 bits per heavy atom. The zero-order chi connectivity index (χ0) is 25.1. The predicted molar refractivity (Wildman–Crippen MR) is 132 cm³/mol. The number of rotatable bonds is 6. The van der Waals surface area contributed by atoms with E-state index in [0.29, 0.717) is 35.2 Å². The molecule has 9 nitrogen and oxygen atoms in total. The van der Waals surface area contributed by atoms with Gasteiger partial charge in [-0.2, -0.15) is 4.99 Å². The summed E-state index contributed by atoms with van der Waals surface area (Å²) in [7, 11) is 0. The average Bonchev–Trinajstić information content (AvgIpc) is 2.75. The van der Waals surface area contributed by atoms with Crippen molar-refractivity contribution in [1.29, 1.82) is 0 Å². The molecule has 33 heavy (non-hydrogen) atoms. The molecule has 2 aromatic rings. The molecule has 0 unspecified atom stereocenters. The van der Waals surface area contributed by atoms with Crippen LogP contribution in [0.5, 0.6) is 11.6 Å². The number of amides is 2. The molecule has 2 rings (SSSR count). The highest BCUT2D eigenvalue weighted by Crippen LogP contribution is 2.36. The van der Waals surface area contributed by atoms with Crippen LogP contribution >= 0.6 is 11.6 Å². The lowest BCUT2D eigenvalue weighted by Gasteiger charge is -2.14. The Balaban J connectivity index is 0.00000265. The minimum Gasteiger partial charge on any atom is -0.463 e. The first-order valence-electron chi connectivity index (χ1n) is 10.5. The van der Waals surface area contributed by atoms with Crippen molar-refractivity contribution < 1.29 is 19.4 Å². The van der Waals surface area contributed by atoms with Crippen LogP contribution in [0, 0.1) is 12.8 Å². The van der Waals surface area contributed by atoms with Gasteiger partial charge in [0.2, 0.25) is 5.88 Å². The number of nitrogens with zero attached hydrogens (tertiary/aromatic N) is 3. The van der Waals surface area contributed by atoms with Gasteiger partial charge in [0.1, 0.15) is 0 Å². The van der Waals surface area contributed by atoms with E-state index in [9.17, 15) is 9.59 Å². The molecule has 0 saturated carbocycles. The van der Waals surface area contributed by atoms with Gasteiger partial charge in [-0.15, -0.1) is 0 Å². The van der Waals surface area contributed by atoms with Crippen LogP contribution in [0.2, 0.25) is 5.02 Å². The van der Waals surface area contributed by atoms with Crippen LogP contribution in [0.1, 0.15) is 45.7 Å². The first-order valence-corrected chi connectivity index (χ1v) is 10.9. The van der Waals surface area contributed by atoms with Crippen LogP contribution < -0.4 is 15.8 Å². The van der Waals surface area contributed by atoms with Crippen LogP contribution in [0.4, 0.5) is 16.2 Å². The van der Waals surface area contributed by atoms with Gasteiger partial charge in [-0.05, 0) is 42.5 Å². The van der Waals surface area contributed by atoms with Gasteiger partial charge in [-0.1, -0.05) is 46.2 Å². The Morgan fingerprint density at radius 2 is 1.97 bits per heavy atom. The lowest BCUT2D eigenvalue weighted by atomic mass is 10.1. The number of carboxylic acid groups (broad SMARTS) is 1. The topological polar surface area (TPSA) is 139 Å². The number of pyridine rings is 1. The summed E-state index contributed by atoms with van der Waals surface area (Å²) in [6.45, 7) is 11.9. The Morgan fingerprint density at radius 1 is 1.30 bits per heavy atom. The second-order valence-corrected chi connectivity index (χ2v) is 7.37. The number of aromatic nitrogens is 1. The number of carbonyl (C=O) groups excluding carboxylic acids is 1. The van der Waals surface area contributed by atoms with Gasteiger partial charge in [-0.3, -0.25) is 9.79 Å². The zero-order valence-electron chi connectivity index (χ0n) is 19.6. The maximum atomic E-state index is 12.0. The molecule has 10 heteroatoms. The molecule has 2 amide bonds. The molecule has 0 aliphatic carbocycles. The summed E-state index contributed by atoms with van der Waals surface area (Å²) in [5, 5.41) is 11.3. The number of carbonyl (C=O) groups is 2. The van der Waals surface area contributed by atoms with Crippen molar-refractivity contribution in [2.24, 2.45) is 21.6 Å². The normalized spacial score (nSPS) is 11.2. The molecule has 0 saturated heterocycles. The molecule has 0 atom stereocenters. The number of aliphatic imine (C=N–C) groups is 2.